The second-order valence-electron chi connectivity index (χ2n) is 4.81. The molecule has 1 aromatic rings. The molecule has 3 nitrogen and oxygen atoms in total. The molecule has 0 aliphatic rings. The van der Waals surface area contributed by atoms with Crippen LogP contribution in [0.5, 0.6) is 0 Å². The van der Waals surface area contributed by atoms with Crippen molar-refractivity contribution in [3.8, 4) is 0 Å². The summed E-state index contributed by atoms with van der Waals surface area (Å²) in [5, 5.41) is 0. The van der Waals surface area contributed by atoms with E-state index in [1.807, 2.05) is 0 Å². The number of benzene rings is 1. The number of nitrogens with two attached hydrogens (primary N) is 1. The maximum Gasteiger partial charge on any atom is 0.0637 e. The first kappa shape index (κ1) is 15.5. The molecule has 18 heavy (non-hydrogen) atoms. The third-order valence-corrected chi connectivity index (χ3v) is 3.25. The van der Waals surface area contributed by atoms with Gasteiger partial charge in [0.25, 0.3) is 0 Å². The molecular formula is C14H23BrN2O. The van der Waals surface area contributed by atoms with E-state index in [1.165, 1.54) is 11.3 Å². The summed E-state index contributed by atoms with van der Waals surface area (Å²) in [4.78, 5) is 2.35. The Morgan fingerprint density at radius 1 is 1.39 bits per heavy atom. The van der Waals surface area contributed by atoms with Crippen molar-refractivity contribution in [3.63, 3.8) is 0 Å². The van der Waals surface area contributed by atoms with Gasteiger partial charge in [0.05, 0.1) is 6.61 Å². The minimum Gasteiger partial charge on any atom is -0.383 e. The molecule has 4 heteroatoms. The second kappa shape index (κ2) is 7.77. The van der Waals surface area contributed by atoms with Crippen molar-refractivity contribution in [2.24, 2.45) is 11.7 Å². The first-order chi connectivity index (χ1) is 8.58. The third kappa shape index (κ3) is 4.59. The van der Waals surface area contributed by atoms with Gasteiger partial charge in [-0.1, -0.05) is 29.8 Å². The van der Waals surface area contributed by atoms with Gasteiger partial charge in [-0.2, -0.15) is 0 Å². The van der Waals surface area contributed by atoms with Gasteiger partial charge < -0.3 is 15.4 Å². The monoisotopic (exact) mass is 314 g/mol. The first-order valence-corrected chi connectivity index (χ1v) is 7.10. The van der Waals surface area contributed by atoms with Crippen molar-refractivity contribution in [1.82, 2.24) is 0 Å². The van der Waals surface area contributed by atoms with Crippen LogP contribution >= 0.6 is 15.9 Å². The summed E-state index contributed by atoms with van der Waals surface area (Å²) in [6.07, 6.45) is 0. The standard InChI is InChI=1S/C14H23BrN2O/c1-11(2)10-17(6-7-18-3)14-5-4-13(15)8-12(14)9-16/h4-5,8,11H,6-7,9-10,16H2,1-3H3. The molecule has 0 saturated heterocycles. The molecular weight excluding hydrogens is 292 g/mol. The largest absolute Gasteiger partial charge is 0.383 e. The predicted molar refractivity (Wildman–Crippen MR) is 81.0 cm³/mol. The molecule has 0 heterocycles. The van der Waals surface area contributed by atoms with E-state index >= 15 is 0 Å². The van der Waals surface area contributed by atoms with Crippen molar-refractivity contribution in [2.75, 3.05) is 31.7 Å². The minimum atomic E-state index is 0.552. The van der Waals surface area contributed by atoms with Crippen molar-refractivity contribution in [2.45, 2.75) is 20.4 Å². The number of methoxy groups -OCH3 is 1. The summed E-state index contributed by atoms with van der Waals surface area (Å²) in [5.74, 6) is 0.608. The number of hydrogen-bond acceptors (Lipinski definition) is 3. The molecule has 0 aliphatic heterocycles. The summed E-state index contributed by atoms with van der Waals surface area (Å²) >= 11 is 3.49. The number of anilines is 1. The molecule has 0 saturated carbocycles. The SMILES string of the molecule is COCCN(CC(C)C)c1ccc(Br)cc1CN. The van der Waals surface area contributed by atoms with Gasteiger partial charge in [-0.3, -0.25) is 0 Å². The highest BCUT2D eigenvalue weighted by molar-refractivity contribution is 9.10. The molecule has 1 rings (SSSR count). The Labute approximate surface area is 118 Å². The van der Waals surface area contributed by atoms with Crippen LogP contribution < -0.4 is 10.6 Å². The van der Waals surface area contributed by atoms with Gasteiger partial charge in [0.2, 0.25) is 0 Å². The lowest BCUT2D eigenvalue weighted by Crippen LogP contribution is -2.32. The fourth-order valence-corrected chi connectivity index (χ4v) is 2.39. The molecule has 0 aliphatic carbocycles. The number of ether oxygens (including phenoxy) is 1. The zero-order valence-corrected chi connectivity index (χ0v) is 13.0. The Morgan fingerprint density at radius 3 is 2.67 bits per heavy atom. The molecule has 0 radical (unpaired) electrons. The first-order valence-electron chi connectivity index (χ1n) is 6.30. The van der Waals surface area contributed by atoms with Gasteiger partial charge in [0.15, 0.2) is 0 Å². The van der Waals surface area contributed by atoms with Gasteiger partial charge >= 0.3 is 0 Å². The smallest absolute Gasteiger partial charge is 0.0637 e. The Bertz CT molecular complexity index is 369. The summed E-state index contributed by atoms with van der Waals surface area (Å²) in [7, 11) is 1.74. The van der Waals surface area contributed by atoms with Crippen LogP contribution in [-0.4, -0.2) is 26.8 Å². The molecule has 0 amide bonds. The highest BCUT2D eigenvalue weighted by Crippen LogP contribution is 2.25. The maximum atomic E-state index is 5.84. The van der Waals surface area contributed by atoms with Crippen molar-refractivity contribution >= 4 is 21.6 Å². The minimum absolute atomic E-state index is 0.552. The molecule has 0 fully saturated rings. The zero-order chi connectivity index (χ0) is 13.5. The Kier molecular flexibility index (Phi) is 6.68. The number of nitrogens with zero attached hydrogens (tertiary/aromatic N) is 1. The van der Waals surface area contributed by atoms with Gasteiger partial charge in [0.1, 0.15) is 0 Å². The molecule has 0 unspecified atom stereocenters. The number of hydrogen-bond donors (Lipinski definition) is 1. The fraction of sp³-hybridized carbons (Fsp3) is 0.571. The maximum absolute atomic E-state index is 5.84. The number of rotatable bonds is 7. The highest BCUT2D eigenvalue weighted by atomic mass is 79.9. The van der Waals surface area contributed by atoms with Crippen LogP contribution in [0.4, 0.5) is 5.69 Å². The van der Waals surface area contributed by atoms with Gasteiger partial charge in [-0.15, -0.1) is 0 Å². The van der Waals surface area contributed by atoms with E-state index in [4.69, 9.17) is 10.5 Å². The number of halogens is 1. The van der Waals surface area contributed by atoms with Crippen LogP contribution in [-0.2, 0) is 11.3 Å². The van der Waals surface area contributed by atoms with E-state index in [1.54, 1.807) is 7.11 Å². The molecule has 1 aromatic carbocycles. The van der Waals surface area contributed by atoms with E-state index in [9.17, 15) is 0 Å². The van der Waals surface area contributed by atoms with Crippen molar-refractivity contribution in [1.29, 1.82) is 0 Å². The van der Waals surface area contributed by atoms with E-state index in [0.717, 1.165) is 24.2 Å². The van der Waals surface area contributed by atoms with Crippen LogP contribution in [0.25, 0.3) is 0 Å². The molecule has 0 bridgehead atoms. The van der Waals surface area contributed by atoms with E-state index in [0.29, 0.717) is 12.5 Å². The van der Waals surface area contributed by atoms with E-state index < -0.39 is 0 Å². The lowest BCUT2D eigenvalue weighted by atomic mass is 10.1. The highest BCUT2D eigenvalue weighted by Gasteiger charge is 2.12. The lowest BCUT2D eigenvalue weighted by molar-refractivity contribution is 0.204. The van der Waals surface area contributed by atoms with Crippen LogP contribution in [0, 0.1) is 5.92 Å². The Balaban J connectivity index is 2.95. The van der Waals surface area contributed by atoms with Gasteiger partial charge in [-0.05, 0) is 29.7 Å². The lowest BCUT2D eigenvalue weighted by Gasteiger charge is -2.28. The molecule has 0 aromatic heterocycles. The third-order valence-electron chi connectivity index (χ3n) is 2.75. The van der Waals surface area contributed by atoms with Crippen LogP contribution in [0.1, 0.15) is 19.4 Å². The summed E-state index contributed by atoms with van der Waals surface area (Å²) < 4.78 is 6.26. The molecule has 0 atom stereocenters. The molecule has 2 N–H and O–H groups in total. The topological polar surface area (TPSA) is 38.5 Å². The van der Waals surface area contributed by atoms with Crippen LogP contribution in [0.15, 0.2) is 22.7 Å². The van der Waals surface area contributed by atoms with Crippen LogP contribution in [0.2, 0.25) is 0 Å². The van der Waals surface area contributed by atoms with Gasteiger partial charge in [-0.25, -0.2) is 0 Å². The fourth-order valence-electron chi connectivity index (χ4n) is 1.98. The van der Waals surface area contributed by atoms with Crippen molar-refractivity contribution in [3.05, 3.63) is 28.2 Å². The van der Waals surface area contributed by atoms with E-state index in [-0.39, 0.29) is 0 Å². The molecule has 102 valence electrons. The summed E-state index contributed by atoms with van der Waals surface area (Å²) in [6, 6.07) is 6.29. The van der Waals surface area contributed by atoms with Crippen LogP contribution in [0.3, 0.4) is 0 Å². The predicted octanol–water partition coefficient (Wildman–Crippen LogP) is 3.02. The Hall–Kier alpha value is -0.580. The Morgan fingerprint density at radius 2 is 2.11 bits per heavy atom. The summed E-state index contributed by atoms with van der Waals surface area (Å²) in [5.41, 5.74) is 8.22. The van der Waals surface area contributed by atoms with E-state index in [2.05, 4.69) is 52.9 Å². The second-order valence-corrected chi connectivity index (χ2v) is 5.73. The van der Waals surface area contributed by atoms with Gasteiger partial charge in [0, 0.05) is 36.9 Å². The average Bonchev–Trinajstić information content (AvgIpc) is 2.34. The quantitative estimate of drug-likeness (QED) is 0.840. The normalized spacial score (nSPS) is 11.0. The molecule has 0 spiro atoms. The van der Waals surface area contributed by atoms with Crippen molar-refractivity contribution < 1.29 is 4.74 Å². The zero-order valence-electron chi connectivity index (χ0n) is 11.4. The average molecular weight is 315 g/mol. The summed E-state index contributed by atoms with van der Waals surface area (Å²) in [6.45, 7) is 7.63.